The Balaban J connectivity index is 1.58. The lowest BCUT2D eigenvalue weighted by Gasteiger charge is -2.31. The number of nitrogens with one attached hydrogen (secondary N) is 1. The molecule has 1 fully saturated rings. The molecule has 1 aromatic heterocycles. The number of furan rings is 1. The van der Waals surface area contributed by atoms with Gasteiger partial charge in [-0.05, 0) is 55.5 Å². The van der Waals surface area contributed by atoms with Crippen LogP contribution in [0.4, 0.5) is 0 Å². The van der Waals surface area contributed by atoms with Crippen molar-refractivity contribution >= 4 is 15.9 Å². The minimum Gasteiger partial charge on any atom is -0.467 e. The highest BCUT2D eigenvalue weighted by Gasteiger charge is 2.32. The molecule has 2 aromatic rings. The van der Waals surface area contributed by atoms with Gasteiger partial charge in [0.1, 0.15) is 5.76 Å². The van der Waals surface area contributed by atoms with E-state index in [1.807, 2.05) is 25.1 Å². The van der Waals surface area contributed by atoms with Gasteiger partial charge in [0, 0.05) is 19.0 Å². The fourth-order valence-corrected chi connectivity index (χ4v) is 4.94. The van der Waals surface area contributed by atoms with Crippen molar-refractivity contribution in [1.82, 2.24) is 9.62 Å². The minimum absolute atomic E-state index is 0.0535. The first-order valence-electron chi connectivity index (χ1n) is 9.73. The maximum Gasteiger partial charge on any atom is 0.243 e. The smallest absolute Gasteiger partial charge is 0.243 e. The van der Waals surface area contributed by atoms with Gasteiger partial charge in [-0.1, -0.05) is 26.0 Å². The molecule has 1 aliphatic rings. The number of carbonyl (C=O) groups excluding carboxylic acids is 1. The van der Waals surface area contributed by atoms with E-state index in [2.05, 4.69) is 19.2 Å². The zero-order valence-electron chi connectivity index (χ0n) is 16.6. The number of piperidine rings is 1. The van der Waals surface area contributed by atoms with Crippen molar-refractivity contribution in [3.63, 3.8) is 0 Å². The van der Waals surface area contributed by atoms with Crippen molar-refractivity contribution in [3.05, 3.63) is 54.0 Å². The average Bonchev–Trinajstić information content (AvgIpc) is 3.23. The number of hydrogen-bond donors (Lipinski definition) is 1. The molecule has 152 valence electrons. The van der Waals surface area contributed by atoms with E-state index in [0.717, 1.165) is 5.56 Å². The monoisotopic (exact) mass is 404 g/mol. The third-order valence-corrected chi connectivity index (χ3v) is 7.25. The third kappa shape index (κ3) is 4.47. The lowest BCUT2D eigenvalue weighted by atomic mass is 9.97. The Morgan fingerprint density at radius 2 is 1.75 bits per heavy atom. The number of hydrogen-bond acceptors (Lipinski definition) is 4. The van der Waals surface area contributed by atoms with Gasteiger partial charge in [-0.15, -0.1) is 0 Å². The topological polar surface area (TPSA) is 79.6 Å². The molecule has 0 saturated carbocycles. The summed E-state index contributed by atoms with van der Waals surface area (Å²) in [7, 11) is -3.53. The molecule has 1 unspecified atom stereocenters. The Morgan fingerprint density at radius 3 is 2.29 bits per heavy atom. The zero-order valence-corrected chi connectivity index (χ0v) is 17.4. The highest BCUT2D eigenvalue weighted by molar-refractivity contribution is 7.89. The molecule has 1 atom stereocenters. The van der Waals surface area contributed by atoms with Crippen molar-refractivity contribution in [2.24, 2.45) is 5.92 Å². The quantitative estimate of drug-likeness (QED) is 0.796. The maximum atomic E-state index is 12.9. The van der Waals surface area contributed by atoms with Crippen LogP contribution in [0.1, 0.15) is 56.9 Å². The van der Waals surface area contributed by atoms with Gasteiger partial charge in [-0.3, -0.25) is 4.79 Å². The highest BCUT2D eigenvalue weighted by atomic mass is 32.2. The molecule has 0 spiro atoms. The third-order valence-electron chi connectivity index (χ3n) is 5.34. The first-order valence-corrected chi connectivity index (χ1v) is 11.2. The summed E-state index contributed by atoms with van der Waals surface area (Å²) in [4.78, 5) is 12.8. The van der Waals surface area contributed by atoms with Crippen LogP contribution in [0.3, 0.4) is 0 Å². The van der Waals surface area contributed by atoms with E-state index in [1.165, 1.54) is 4.31 Å². The van der Waals surface area contributed by atoms with Gasteiger partial charge < -0.3 is 9.73 Å². The summed E-state index contributed by atoms with van der Waals surface area (Å²) in [5.74, 6) is 0.821. The summed E-state index contributed by atoms with van der Waals surface area (Å²) in [5.41, 5.74) is 1.11. The van der Waals surface area contributed by atoms with E-state index in [1.54, 1.807) is 24.5 Å². The number of benzene rings is 1. The summed E-state index contributed by atoms with van der Waals surface area (Å²) in [6.45, 7) is 6.72. The number of nitrogens with zero attached hydrogens (tertiary/aromatic N) is 1. The number of sulfonamides is 1. The van der Waals surface area contributed by atoms with E-state index in [9.17, 15) is 13.2 Å². The Hall–Kier alpha value is -2.12. The highest BCUT2D eigenvalue weighted by Crippen LogP contribution is 2.26. The van der Waals surface area contributed by atoms with Crippen molar-refractivity contribution in [2.75, 3.05) is 13.1 Å². The van der Waals surface area contributed by atoms with Crippen LogP contribution in [0, 0.1) is 5.92 Å². The molecule has 0 radical (unpaired) electrons. The average molecular weight is 405 g/mol. The van der Waals surface area contributed by atoms with Gasteiger partial charge in [0.15, 0.2) is 0 Å². The lowest BCUT2D eigenvalue weighted by Crippen LogP contribution is -2.43. The van der Waals surface area contributed by atoms with Gasteiger partial charge >= 0.3 is 0 Å². The molecule has 3 rings (SSSR count). The van der Waals surface area contributed by atoms with E-state index >= 15 is 0 Å². The first-order chi connectivity index (χ1) is 13.3. The fraction of sp³-hybridized carbons (Fsp3) is 0.476. The van der Waals surface area contributed by atoms with Crippen LogP contribution in [0.5, 0.6) is 0 Å². The van der Waals surface area contributed by atoms with E-state index in [4.69, 9.17) is 4.42 Å². The zero-order chi connectivity index (χ0) is 20.3. The molecule has 2 heterocycles. The molecule has 7 heteroatoms. The summed E-state index contributed by atoms with van der Waals surface area (Å²) in [6, 6.07) is 10.5. The Morgan fingerprint density at radius 1 is 1.11 bits per heavy atom. The first kappa shape index (κ1) is 20.6. The normalized spacial score (nSPS) is 17.6. The second-order valence-electron chi connectivity index (χ2n) is 7.65. The van der Waals surface area contributed by atoms with Crippen LogP contribution in [-0.2, 0) is 14.8 Å². The van der Waals surface area contributed by atoms with Gasteiger partial charge in [-0.2, -0.15) is 4.31 Å². The Kier molecular flexibility index (Phi) is 6.25. The fourth-order valence-electron chi connectivity index (χ4n) is 3.47. The minimum atomic E-state index is -3.53. The predicted molar refractivity (Wildman–Crippen MR) is 107 cm³/mol. The molecule has 28 heavy (non-hydrogen) atoms. The van der Waals surface area contributed by atoms with Crippen LogP contribution in [-0.4, -0.2) is 31.7 Å². The lowest BCUT2D eigenvalue weighted by molar-refractivity contribution is -0.126. The van der Waals surface area contributed by atoms with E-state index in [0.29, 0.717) is 42.5 Å². The van der Waals surface area contributed by atoms with Crippen molar-refractivity contribution in [3.8, 4) is 0 Å². The van der Waals surface area contributed by atoms with Gasteiger partial charge in [0.2, 0.25) is 15.9 Å². The van der Waals surface area contributed by atoms with Crippen LogP contribution in [0.25, 0.3) is 0 Å². The molecule has 1 aliphatic heterocycles. The molecular formula is C21H28N2O4S. The maximum absolute atomic E-state index is 12.9. The second kappa shape index (κ2) is 8.49. The van der Waals surface area contributed by atoms with Crippen LogP contribution < -0.4 is 5.32 Å². The van der Waals surface area contributed by atoms with Crippen molar-refractivity contribution < 1.29 is 17.6 Å². The SMILES string of the molecule is CC(C)c1ccc(S(=O)(=O)N2CCC(C(=O)NC(C)c3ccco3)CC2)cc1. The molecule has 1 N–H and O–H groups in total. The van der Waals surface area contributed by atoms with Gasteiger partial charge in [0.05, 0.1) is 17.2 Å². The summed E-state index contributed by atoms with van der Waals surface area (Å²) < 4.78 is 32.6. The molecule has 1 amide bonds. The summed E-state index contributed by atoms with van der Waals surface area (Å²) in [6.07, 6.45) is 2.61. The molecule has 1 saturated heterocycles. The van der Waals surface area contributed by atoms with E-state index in [-0.39, 0.29) is 17.9 Å². The van der Waals surface area contributed by atoms with E-state index < -0.39 is 10.0 Å². The molecule has 0 bridgehead atoms. The molecule has 6 nitrogen and oxygen atoms in total. The predicted octanol–water partition coefficient (Wildman–Crippen LogP) is 3.68. The van der Waals surface area contributed by atoms with Crippen molar-refractivity contribution in [1.29, 1.82) is 0 Å². The van der Waals surface area contributed by atoms with Crippen LogP contribution in [0.15, 0.2) is 52.0 Å². The van der Waals surface area contributed by atoms with Crippen LogP contribution >= 0.6 is 0 Å². The number of amides is 1. The standard InChI is InChI=1S/C21H28N2O4S/c1-15(2)17-6-8-19(9-7-17)28(25,26)23-12-10-18(11-13-23)21(24)22-16(3)20-5-4-14-27-20/h4-9,14-16,18H,10-13H2,1-3H3,(H,22,24). The second-order valence-corrected chi connectivity index (χ2v) is 9.59. The number of carbonyl (C=O) groups is 1. The summed E-state index contributed by atoms with van der Waals surface area (Å²) >= 11 is 0. The molecule has 0 aliphatic carbocycles. The van der Waals surface area contributed by atoms with Gasteiger partial charge in [0.25, 0.3) is 0 Å². The van der Waals surface area contributed by atoms with Crippen LogP contribution in [0.2, 0.25) is 0 Å². The Labute approximate surface area is 167 Å². The molecule has 1 aromatic carbocycles. The summed E-state index contributed by atoms with van der Waals surface area (Å²) in [5, 5.41) is 2.95. The molecular weight excluding hydrogens is 376 g/mol. The number of rotatable bonds is 6. The largest absolute Gasteiger partial charge is 0.467 e. The van der Waals surface area contributed by atoms with Gasteiger partial charge in [-0.25, -0.2) is 8.42 Å². The Bertz CT molecular complexity index is 881. The van der Waals surface area contributed by atoms with Crippen molar-refractivity contribution in [2.45, 2.75) is 50.5 Å².